The normalized spacial score (nSPS) is 10.2. The van der Waals surface area contributed by atoms with Gasteiger partial charge in [0.05, 0.1) is 12.7 Å². The first kappa shape index (κ1) is 13.9. The summed E-state index contributed by atoms with van der Waals surface area (Å²) < 4.78 is 5.19. The molecule has 0 fully saturated rings. The number of phenolic OH excluding ortho intramolecular Hbond substituents is 1. The number of ketones is 1. The minimum absolute atomic E-state index is 0.00949. The lowest BCUT2D eigenvalue weighted by atomic mass is 10.1. The van der Waals surface area contributed by atoms with Crippen LogP contribution in [0.5, 0.6) is 11.5 Å². The predicted molar refractivity (Wildman–Crippen MR) is 79.2 cm³/mol. The molecular weight excluding hydrogens is 254 g/mol. The van der Waals surface area contributed by atoms with Crippen molar-refractivity contribution in [2.75, 3.05) is 19.1 Å². The van der Waals surface area contributed by atoms with Crippen LogP contribution >= 0.6 is 0 Å². The summed E-state index contributed by atoms with van der Waals surface area (Å²) >= 11 is 0. The Morgan fingerprint density at radius 2 is 1.85 bits per heavy atom. The van der Waals surface area contributed by atoms with Crippen LogP contribution in [0.4, 0.5) is 11.4 Å². The Labute approximate surface area is 118 Å². The molecule has 104 valence electrons. The van der Waals surface area contributed by atoms with Crippen LogP contribution in [-0.2, 0) is 0 Å². The number of benzene rings is 2. The summed E-state index contributed by atoms with van der Waals surface area (Å²) in [5.41, 5.74) is 2.05. The third-order valence-electron chi connectivity index (χ3n) is 3.19. The third-order valence-corrected chi connectivity index (χ3v) is 3.19. The number of anilines is 2. The van der Waals surface area contributed by atoms with E-state index in [1.54, 1.807) is 25.3 Å². The van der Waals surface area contributed by atoms with Crippen LogP contribution < -0.4 is 9.64 Å². The molecular formula is C16H17NO3. The van der Waals surface area contributed by atoms with Gasteiger partial charge < -0.3 is 14.7 Å². The van der Waals surface area contributed by atoms with Crippen molar-refractivity contribution in [1.82, 2.24) is 0 Å². The average molecular weight is 271 g/mol. The van der Waals surface area contributed by atoms with E-state index in [4.69, 9.17) is 4.74 Å². The lowest BCUT2D eigenvalue weighted by Crippen LogP contribution is -2.09. The maximum atomic E-state index is 11.3. The second-order valence-electron chi connectivity index (χ2n) is 4.52. The molecule has 0 amide bonds. The van der Waals surface area contributed by atoms with Crippen molar-refractivity contribution in [2.45, 2.75) is 6.92 Å². The average Bonchev–Trinajstić information content (AvgIpc) is 2.46. The first-order valence-corrected chi connectivity index (χ1v) is 6.24. The monoisotopic (exact) mass is 271 g/mol. The number of rotatable bonds is 4. The van der Waals surface area contributed by atoms with Crippen LogP contribution in [0.3, 0.4) is 0 Å². The molecule has 20 heavy (non-hydrogen) atoms. The topological polar surface area (TPSA) is 49.8 Å². The fourth-order valence-electron chi connectivity index (χ4n) is 1.99. The van der Waals surface area contributed by atoms with Gasteiger partial charge in [0.25, 0.3) is 0 Å². The highest BCUT2D eigenvalue weighted by molar-refractivity contribution is 5.97. The van der Waals surface area contributed by atoms with E-state index in [9.17, 15) is 9.90 Å². The first-order valence-electron chi connectivity index (χ1n) is 6.24. The highest BCUT2D eigenvalue weighted by atomic mass is 16.5. The van der Waals surface area contributed by atoms with Crippen molar-refractivity contribution < 1.29 is 14.6 Å². The maximum absolute atomic E-state index is 11.3. The lowest BCUT2D eigenvalue weighted by molar-refractivity contribution is 0.101. The zero-order valence-corrected chi connectivity index (χ0v) is 11.8. The number of methoxy groups -OCH3 is 1. The van der Waals surface area contributed by atoms with E-state index in [0.717, 1.165) is 17.1 Å². The Hall–Kier alpha value is -2.49. The number of aromatic hydroxyl groups is 1. The lowest BCUT2D eigenvalue weighted by Gasteiger charge is -2.20. The number of hydrogen-bond donors (Lipinski definition) is 1. The molecule has 4 heteroatoms. The van der Waals surface area contributed by atoms with Gasteiger partial charge in [-0.25, -0.2) is 0 Å². The summed E-state index contributed by atoms with van der Waals surface area (Å²) in [5, 5.41) is 9.89. The molecule has 0 aliphatic carbocycles. The van der Waals surface area contributed by atoms with E-state index < -0.39 is 0 Å². The molecule has 2 aromatic rings. The molecule has 0 spiro atoms. The molecule has 0 heterocycles. The quantitative estimate of drug-likeness (QED) is 0.866. The van der Waals surface area contributed by atoms with Crippen molar-refractivity contribution in [3.8, 4) is 11.5 Å². The fourth-order valence-corrected chi connectivity index (χ4v) is 1.99. The highest BCUT2D eigenvalue weighted by Crippen LogP contribution is 2.30. The Morgan fingerprint density at radius 3 is 2.45 bits per heavy atom. The van der Waals surface area contributed by atoms with E-state index >= 15 is 0 Å². The number of phenols is 1. The summed E-state index contributed by atoms with van der Waals surface area (Å²) in [6.45, 7) is 1.43. The van der Waals surface area contributed by atoms with Gasteiger partial charge >= 0.3 is 0 Å². The summed E-state index contributed by atoms with van der Waals surface area (Å²) in [6.07, 6.45) is 0. The van der Waals surface area contributed by atoms with Crippen LogP contribution in [0.1, 0.15) is 17.3 Å². The maximum Gasteiger partial charge on any atom is 0.163 e. The van der Waals surface area contributed by atoms with Gasteiger partial charge in [0.15, 0.2) is 5.78 Å². The van der Waals surface area contributed by atoms with E-state index in [-0.39, 0.29) is 11.5 Å². The number of hydrogen-bond acceptors (Lipinski definition) is 4. The molecule has 1 N–H and O–H groups in total. The van der Waals surface area contributed by atoms with E-state index in [2.05, 4.69) is 0 Å². The zero-order chi connectivity index (χ0) is 14.7. The minimum atomic E-state index is -0.155. The van der Waals surface area contributed by atoms with Gasteiger partial charge in [-0.2, -0.15) is 0 Å². The summed E-state index contributed by atoms with van der Waals surface area (Å²) in [4.78, 5) is 13.2. The number of carbonyl (C=O) groups excluding carboxylic acids is 1. The SMILES string of the molecule is COc1cccc(N(C)c2ccc(C(C)=O)c(O)c2)c1. The molecule has 0 atom stereocenters. The summed E-state index contributed by atoms with van der Waals surface area (Å²) in [5.74, 6) is 0.599. The molecule has 0 aliphatic heterocycles. The van der Waals surface area contributed by atoms with Crippen LogP contribution in [-0.4, -0.2) is 25.0 Å². The molecule has 0 unspecified atom stereocenters. The standard InChI is InChI=1S/C16H17NO3/c1-11(18)15-8-7-13(10-16(15)19)17(2)12-5-4-6-14(9-12)20-3/h4-10,19H,1-3H3. The predicted octanol–water partition coefficient (Wildman–Crippen LogP) is 3.37. The number of carbonyl (C=O) groups is 1. The highest BCUT2D eigenvalue weighted by Gasteiger charge is 2.10. The number of nitrogens with zero attached hydrogens (tertiary/aromatic N) is 1. The second kappa shape index (κ2) is 5.65. The van der Waals surface area contributed by atoms with Gasteiger partial charge in [-0.3, -0.25) is 4.79 Å². The molecule has 0 saturated carbocycles. The smallest absolute Gasteiger partial charge is 0.163 e. The van der Waals surface area contributed by atoms with Crippen LogP contribution in [0.2, 0.25) is 0 Å². The van der Waals surface area contributed by atoms with Gasteiger partial charge in [-0.1, -0.05) is 6.07 Å². The number of ether oxygens (including phenoxy) is 1. The number of Topliss-reactive ketones (excluding diaryl/α,β-unsaturated/α-hetero) is 1. The van der Waals surface area contributed by atoms with Gasteiger partial charge in [0, 0.05) is 30.6 Å². The van der Waals surface area contributed by atoms with Crippen molar-refractivity contribution >= 4 is 17.2 Å². The van der Waals surface area contributed by atoms with E-state index in [1.165, 1.54) is 6.92 Å². The molecule has 2 rings (SSSR count). The van der Waals surface area contributed by atoms with Crippen molar-refractivity contribution in [2.24, 2.45) is 0 Å². The molecule has 2 aromatic carbocycles. The third kappa shape index (κ3) is 2.74. The molecule has 0 aliphatic rings. The Morgan fingerprint density at radius 1 is 1.15 bits per heavy atom. The van der Waals surface area contributed by atoms with Gasteiger partial charge in [0.2, 0.25) is 0 Å². The Bertz CT molecular complexity index is 637. The Balaban J connectivity index is 2.35. The molecule has 4 nitrogen and oxygen atoms in total. The van der Waals surface area contributed by atoms with Gasteiger partial charge in [-0.15, -0.1) is 0 Å². The van der Waals surface area contributed by atoms with Crippen LogP contribution in [0.15, 0.2) is 42.5 Å². The van der Waals surface area contributed by atoms with E-state index in [0.29, 0.717) is 5.56 Å². The Kier molecular flexibility index (Phi) is 3.94. The van der Waals surface area contributed by atoms with E-state index in [1.807, 2.05) is 36.2 Å². The minimum Gasteiger partial charge on any atom is -0.507 e. The molecule has 0 bridgehead atoms. The van der Waals surface area contributed by atoms with Gasteiger partial charge in [0.1, 0.15) is 11.5 Å². The zero-order valence-electron chi connectivity index (χ0n) is 11.8. The fraction of sp³-hybridized carbons (Fsp3) is 0.188. The first-order chi connectivity index (χ1) is 9.52. The molecule has 0 saturated heterocycles. The largest absolute Gasteiger partial charge is 0.507 e. The molecule has 0 aromatic heterocycles. The molecule has 0 radical (unpaired) electrons. The second-order valence-corrected chi connectivity index (χ2v) is 4.52. The van der Waals surface area contributed by atoms with Crippen LogP contribution in [0, 0.1) is 0 Å². The van der Waals surface area contributed by atoms with Crippen molar-refractivity contribution in [3.63, 3.8) is 0 Å². The van der Waals surface area contributed by atoms with Crippen molar-refractivity contribution in [1.29, 1.82) is 0 Å². The summed E-state index contributed by atoms with van der Waals surface area (Å²) in [7, 11) is 3.50. The summed E-state index contributed by atoms with van der Waals surface area (Å²) in [6, 6.07) is 12.6. The van der Waals surface area contributed by atoms with Crippen LogP contribution in [0.25, 0.3) is 0 Å². The van der Waals surface area contributed by atoms with Crippen molar-refractivity contribution in [3.05, 3.63) is 48.0 Å². The van der Waals surface area contributed by atoms with Gasteiger partial charge in [-0.05, 0) is 31.2 Å².